The predicted octanol–water partition coefficient (Wildman–Crippen LogP) is 1.20. The minimum absolute atomic E-state index is 0.117. The molecule has 0 radical (unpaired) electrons. The van der Waals surface area contributed by atoms with Crippen molar-refractivity contribution in [2.75, 3.05) is 37.6 Å². The van der Waals surface area contributed by atoms with Crippen LogP contribution in [0.5, 0.6) is 0 Å². The van der Waals surface area contributed by atoms with Gasteiger partial charge in [0.25, 0.3) is 0 Å². The lowest BCUT2D eigenvalue weighted by atomic mass is 10.1. The fourth-order valence-electron chi connectivity index (χ4n) is 2.43. The van der Waals surface area contributed by atoms with Crippen LogP contribution in [0.25, 0.3) is 0 Å². The van der Waals surface area contributed by atoms with Crippen molar-refractivity contribution in [2.45, 2.75) is 13.0 Å². The lowest BCUT2D eigenvalue weighted by Crippen LogP contribution is -2.48. The minimum Gasteiger partial charge on any atom is -0.392 e. The second-order valence-corrected chi connectivity index (χ2v) is 4.88. The average molecular weight is 263 g/mol. The van der Waals surface area contributed by atoms with E-state index in [-0.39, 0.29) is 11.7 Å². The summed E-state index contributed by atoms with van der Waals surface area (Å²) in [5.74, 6) is -0.466. The standard InChI is InChI=1S/C14H18FN3O/c1-11(19)10-17-5-7-18(8-6-17)14-4-2-3-13(15)12(14)9-16/h2-4,11,19H,5-8,10H2,1H3. The Balaban J connectivity index is 2.06. The quantitative estimate of drug-likeness (QED) is 0.890. The molecule has 0 spiro atoms. The lowest BCUT2D eigenvalue weighted by molar-refractivity contribution is 0.122. The summed E-state index contributed by atoms with van der Waals surface area (Å²) >= 11 is 0. The molecule has 1 saturated heterocycles. The molecule has 0 bridgehead atoms. The van der Waals surface area contributed by atoms with Gasteiger partial charge >= 0.3 is 0 Å². The second-order valence-electron chi connectivity index (χ2n) is 4.88. The van der Waals surface area contributed by atoms with Crippen LogP contribution < -0.4 is 4.90 Å². The van der Waals surface area contributed by atoms with Gasteiger partial charge in [-0.2, -0.15) is 5.26 Å². The highest BCUT2D eigenvalue weighted by atomic mass is 19.1. The molecule has 1 N–H and O–H groups in total. The van der Waals surface area contributed by atoms with Crippen molar-refractivity contribution >= 4 is 5.69 Å². The van der Waals surface area contributed by atoms with Gasteiger partial charge in [-0.1, -0.05) is 6.07 Å². The van der Waals surface area contributed by atoms with E-state index in [2.05, 4.69) is 4.90 Å². The Kier molecular flexibility index (Phi) is 4.35. The van der Waals surface area contributed by atoms with E-state index in [1.165, 1.54) is 6.07 Å². The Hall–Kier alpha value is -1.64. The first-order chi connectivity index (χ1) is 9.11. The van der Waals surface area contributed by atoms with E-state index in [0.29, 0.717) is 12.2 Å². The van der Waals surface area contributed by atoms with Crippen molar-refractivity contribution < 1.29 is 9.50 Å². The number of β-amino-alcohol motifs (C(OH)–C–C–N with tert-alkyl or cyclic N) is 1. The number of halogens is 1. The first-order valence-corrected chi connectivity index (χ1v) is 6.46. The van der Waals surface area contributed by atoms with Crippen LogP contribution in [0.1, 0.15) is 12.5 Å². The molecule has 1 aliphatic rings. The smallest absolute Gasteiger partial charge is 0.143 e. The summed E-state index contributed by atoms with van der Waals surface area (Å²) < 4.78 is 13.6. The monoisotopic (exact) mass is 263 g/mol. The van der Waals surface area contributed by atoms with Crippen LogP contribution in [-0.4, -0.2) is 48.8 Å². The van der Waals surface area contributed by atoms with Gasteiger partial charge in [-0.15, -0.1) is 0 Å². The Morgan fingerprint density at radius 1 is 1.37 bits per heavy atom. The van der Waals surface area contributed by atoms with E-state index in [0.717, 1.165) is 26.2 Å². The molecule has 19 heavy (non-hydrogen) atoms. The fraction of sp³-hybridized carbons (Fsp3) is 0.500. The van der Waals surface area contributed by atoms with Crippen molar-refractivity contribution in [3.05, 3.63) is 29.6 Å². The van der Waals surface area contributed by atoms with Gasteiger partial charge in [-0.3, -0.25) is 4.90 Å². The van der Waals surface area contributed by atoms with Gasteiger partial charge < -0.3 is 10.0 Å². The molecule has 102 valence electrons. The highest BCUT2D eigenvalue weighted by Gasteiger charge is 2.21. The zero-order chi connectivity index (χ0) is 13.8. The maximum Gasteiger partial charge on any atom is 0.143 e. The van der Waals surface area contributed by atoms with Crippen LogP contribution in [0.15, 0.2) is 18.2 Å². The van der Waals surface area contributed by atoms with Gasteiger partial charge in [-0.25, -0.2) is 4.39 Å². The number of rotatable bonds is 3. The summed E-state index contributed by atoms with van der Waals surface area (Å²) in [7, 11) is 0. The summed E-state index contributed by atoms with van der Waals surface area (Å²) in [6, 6.07) is 6.66. The molecule has 1 atom stereocenters. The topological polar surface area (TPSA) is 50.5 Å². The van der Waals surface area contributed by atoms with E-state index in [1.54, 1.807) is 19.1 Å². The highest BCUT2D eigenvalue weighted by Crippen LogP contribution is 2.23. The summed E-state index contributed by atoms with van der Waals surface area (Å²) in [6.45, 7) is 5.53. The van der Waals surface area contributed by atoms with Crippen molar-refractivity contribution in [1.82, 2.24) is 4.90 Å². The number of hydrogen-bond acceptors (Lipinski definition) is 4. The van der Waals surface area contributed by atoms with Gasteiger partial charge in [0.2, 0.25) is 0 Å². The molecule has 1 heterocycles. The Labute approximate surface area is 112 Å². The van der Waals surface area contributed by atoms with Crippen molar-refractivity contribution in [3.8, 4) is 6.07 Å². The van der Waals surface area contributed by atoms with Crippen LogP contribution in [0, 0.1) is 17.1 Å². The zero-order valence-corrected chi connectivity index (χ0v) is 11.0. The third-order valence-electron chi connectivity index (χ3n) is 3.34. The van der Waals surface area contributed by atoms with E-state index in [4.69, 9.17) is 5.26 Å². The maximum absolute atomic E-state index is 13.6. The van der Waals surface area contributed by atoms with Crippen LogP contribution in [0.2, 0.25) is 0 Å². The summed E-state index contributed by atoms with van der Waals surface area (Å²) in [6.07, 6.45) is -0.338. The van der Waals surface area contributed by atoms with Crippen LogP contribution in [-0.2, 0) is 0 Å². The first-order valence-electron chi connectivity index (χ1n) is 6.46. The molecule has 1 aliphatic heterocycles. The second kappa shape index (κ2) is 6.00. The summed E-state index contributed by atoms with van der Waals surface area (Å²) in [5.41, 5.74) is 0.783. The third kappa shape index (κ3) is 3.22. The first kappa shape index (κ1) is 13.8. The van der Waals surface area contributed by atoms with E-state index in [1.807, 2.05) is 11.0 Å². The molecule has 1 aromatic carbocycles. The van der Waals surface area contributed by atoms with E-state index in [9.17, 15) is 9.50 Å². The van der Waals surface area contributed by atoms with Gasteiger partial charge in [0, 0.05) is 32.7 Å². The number of nitrogens with zero attached hydrogens (tertiary/aromatic N) is 3. The maximum atomic E-state index is 13.6. The number of nitriles is 1. The molecule has 0 amide bonds. The SMILES string of the molecule is CC(O)CN1CCN(c2cccc(F)c2C#N)CC1. The Bertz CT molecular complexity index is 476. The number of aliphatic hydroxyl groups is 1. The molecule has 0 aromatic heterocycles. The lowest BCUT2D eigenvalue weighted by Gasteiger charge is -2.36. The molecule has 5 heteroatoms. The Morgan fingerprint density at radius 2 is 2.05 bits per heavy atom. The molecular weight excluding hydrogens is 245 g/mol. The highest BCUT2D eigenvalue weighted by molar-refractivity contribution is 5.60. The van der Waals surface area contributed by atoms with Crippen LogP contribution in [0.4, 0.5) is 10.1 Å². The molecule has 1 fully saturated rings. The molecule has 1 aromatic rings. The summed E-state index contributed by atoms with van der Waals surface area (Å²) in [4.78, 5) is 4.20. The molecule has 4 nitrogen and oxygen atoms in total. The van der Waals surface area contributed by atoms with Crippen molar-refractivity contribution in [2.24, 2.45) is 0 Å². The molecular formula is C14H18FN3O. The number of benzene rings is 1. The number of hydrogen-bond donors (Lipinski definition) is 1. The molecule has 0 aliphatic carbocycles. The van der Waals surface area contributed by atoms with Gasteiger partial charge in [0.05, 0.1) is 11.8 Å². The van der Waals surface area contributed by atoms with Crippen LogP contribution >= 0.6 is 0 Å². The number of aliphatic hydroxyl groups excluding tert-OH is 1. The third-order valence-corrected chi connectivity index (χ3v) is 3.34. The van der Waals surface area contributed by atoms with Gasteiger partial charge in [-0.05, 0) is 19.1 Å². The molecule has 0 saturated carbocycles. The van der Waals surface area contributed by atoms with Crippen molar-refractivity contribution in [1.29, 1.82) is 5.26 Å². The zero-order valence-electron chi connectivity index (χ0n) is 11.0. The van der Waals surface area contributed by atoms with Gasteiger partial charge in [0.1, 0.15) is 17.4 Å². The van der Waals surface area contributed by atoms with Gasteiger partial charge in [0.15, 0.2) is 0 Å². The van der Waals surface area contributed by atoms with Crippen molar-refractivity contribution in [3.63, 3.8) is 0 Å². The molecule has 1 unspecified atom stereocenters. The minimum atomic E-state index is -0.466. The largest absolute Gasteiger partial charge is 0.392 e. The number of piperazine rings is 1. The predicted molar refractivity (Wildman–Crippen MR) is 71.4 cm³/mol. The normalized spacial score (nSPS) is 18.1. The Morgan fingerprint density at radius 3 is 2.63 bits per heavy atom. The van der Waals surface area contributed by atoms with E-state index < -0.39 is 5.82 Å². The fourth-order valence-corrected chi connectivity index (χ4v) is 2.43. The molecule has 2 rings (SSSR count). The average Bonchev–Trinajstić information content (AvgIpc) is 2.38. The number of anilines is 1. The van der Waals surface area contributed by atoms with Crippen LogP contribution in [0.3, 0.4) is 0 Å². The van der Waals surface area contributed by atoms with E-state index >= 15 is 0 Å². The summed E-state index contributed by atoms with van der Waals surface area (Å²) in [5, 5.41) is 18.4.